The molecule has 0 atom stereocenters. The number of ether oxygens (including phenoxy) is 2. The molecule has 1 rings (SSSR count). The maximum Gasteiger partial charge on any atom is 0.414 e. The Labute approximate surface area is 296 Å². The van der Waals surface area contributed by atoms with E-state index in [9.17, 15) is 19.2 Å². The van der Waals surface area contributed by atoms with E-state index in [0.717, 1.165) is 51.4 Å². The molecule has 1 aromatic rings. The molecular formula is C40H66N2O7. The van der Waals surface area contributed by atoms with Crippen LogP contribution >= 0.6 is 0 Å². The number of amides is 4. The number of nitrogens with one attached hydrogen (secondary N) is 2. The Morgan fingerprint density at radius 3 is 1.20 bits per heavy atom. The highest BCUT2D eigenvalue weighted by molar-refractivity contribution is 5.92. The number of carbonyl (C=O) groups excluding carboxylic acids is 4. The second-order valence-corrected chi connectivity index (χ2v) is 12.9. The molecule has 4 amide bonds. The lowest BCUT2D eigenvalue weighted by Crippen LogP contribution is -2.30. The van der Waals surface area contributed by atoms with Crippen molar-refractivity contribution in [2.45, 2.75) is 181 Å². The Kier molecular flexibility index (Phi) is 28.4. The van der Waals surface area contributed by atoms with Crippen LogP contribution in [0.4, 0.5) is 9.59 Å². The van der Waals surface area contributed by atoms with E-state index in [0.29, 0.717) is 24.4 Å². The van der Waals surface area contributed by atoms with Crippen molar-refractivity contribution >= 4 is 24.0 Å². The first kappa shape index (κ1) is 43.7. The van der Waals surface area contributed by atoms with Crippen molar-refractivity contribution in [1.29, 1.82) is 0 Å². The standard InChI is InChI=1S/C40H66N2O7/c1-3-5-7-9-11-13-15-17-19-21-23-25-27-29-37(43)41-39(45)47-33-35-31-32-36(49-35)34-48-40(46)42-38(44)30-28-26-24-22-20-18-16-14-12-10-8-6-4-2/h17-20,31-32H,3-16,21-30,33-34H2,1-2H3,(H,41,43,45)(H,42,44,46)/b19-17-,20-18-. The fourth-order valence-corrected chi connectivity index (χ4v) is 5.28. The normalized spacial score (nSPS) is 11.3. The first-order chi connectivity index (χ1) is 23.9. The number of unbranched alkanes of at least 4 members (excludes halogenated alkanes) is 18. The van der Waals surface area contributed by atoms with Crippen molar-refractivity contribution in [2.75, 3.05) is 0 Å². The van der Waals surface area contributed by atoms with Crippen molar-refractivity contribution in [3.05, 3.63) is 48.0 Å². The molecule has 49 heavy (non-hydrogen) atoms. The lowest BCUT2D eigenvalue weighted by molar-refractivity contribution is -0.121. The Morgan fingerprint density at radius 1 is 0.510 bits per heavy atom. The van der Waals surface area contributed by atoms with Crippen molar-refractivity contribution in [2.24, 2.45) is 0 Å². The Balaban J connectivity index is 2.03. The summed E-state index contributed by atoms with van der Waals surface area (Å²) in [5.74, 6) is -0.0770. The molecule has 0 saturated heterocycles. The molecule has 0 aliphatic carbocycles. The Morgan fingerprint density at radius 2 is 0.837 bits per heavy atom. The number of alkyl carbamates (subject to hydrolysis) is 2. The molecule has 0 unspecified atom stereocenters. The SMILES string of the molecule is CCCCCCCC/C=C\CCCCCC(=O)NC(=O)OCc1ccc(COC(=O)NC(=O)CCCCC/C=C\CCCCCCCC)o1. The lowest BCUT2D eigenvalue weighted by atomic mass is 10.1. The van der Waals surface area contributed by atoms with Gasteiger partial charge in [-0.2, -0.15) is 0 Å². The van der Waals surface area contributed by atoms with Gasteiger partial charge in [-0.15, -0.1) is 0 Å². The van der Waals surface area contributed by atoms with Gasteiger partial charge in [0, 0.05) is 12.8 Å². The molecule has 1 aromatic heterocycles. The summed E-state index contributed by atoms with van der Waals surface area (Å²) in [4.78, 5) is 48.0. The first-order valence-electron chi connectivity index (χ1n) is 19.2. The Hall–Kier alpha value is -3.36. The van der Waals surface area contributed by atoms with Gasteiger partial charge in [0.05, 0.1) is 0 Å². The number of imide groups is 2. The fraction of sp³-hybridized carbons (Fsp3) is 0.700. The van der Waals surface area contributed by atoms with Crippen molar-refractivity contribution in [3.8, 4) is 0 Å². The minimum atomic E-state index is -0.838. The van der Waals surface area contributed by atoms with Gasteiger partial charge in [0.1, 0.15) is 11.5 Å². The molecule has 278 valence electrons. The first-order valence-corrected chi connectivity index (χ1v) is 19.2. The quantitative estimate of drug-likeness (QED) is 0.0609. The highest BCUT2D eigenvalue weighted by atomic mass is 16.6. The van der Waals surface area contributed by atoms with Gasteiger partial charge in [0.15, 0.2) is 13.2 Å². The monoisotopic (exact) mass is 686 g/mol. The third-order valence-electron chi connectivity index (χ3n) is 8.22. The number of furan rings is 1. The van der Waals surface area contributed by atoms with Gasteiger partial charge < -0.3 is 13.9 Å². The summed E-state index contributed by atoms with van der Waals surface area (Å²) in [6.45, 7) is 4.12. The van der Waals surface area contributed by atoms with Crippen LogP contribution in [0.25, 0.3) is 0 Å². The van der Waals surface area contributed by atoms with Gasteiger partial charge in [-0.05, 0) is 76.3 Å². The summed E-state index contributed by atoms with van der Waals surface area (Å²) >= 11 is 0. The smallest absolute Gasteiger partial charge is 0.414 e. The van der Waals surface area contributed by atoms with Crippen LogP contribution in [0.2, 0.25) is 0 Å². The van der Waals surface area contributed by atoms with E-state index in [2.05, 4.69) is 48.8 Å². The van der Waals surface area contributed by atoms with Gasteiger partial charge in [-0.25, -0.2) is 9.59 Å². The third-order valence-corrected chi connectivity index (χ3v) is 8.22. The molecule has 0 fully saturated rings. The van der Waals surface area contributed by atoms with E-state index in [-0.39, 0.29) is 37.9 Å². The molecule has 0 radical (unpaired) electrons. The van der Waals surface area contributed by atoms with Crippen molar-refractivity contribution in [1.82, 2.24) is 10.6 Å². The predicted octanol–water partition coefficient (Wildman–Crippen LogP) is 11.3. The molecule has 0 aromatic carbocycles. The van der Waals surface area contributed by atoms with Gasteiger partial charge in [-0.3, -0.25) is 20.2 Å². The fourth-order valence-electron chi connectivity index (χ4n) is 5.28. The average Bonchev–Trinajstić information content (AvgIpc) is 3.55. The molecule has 0 bridgehead atoms. The third kappa shape index (κ3) is 28.2. The number of carbonyl (C=O) groups is 4. The average molecular weight is 687 g/mol. The number of rotatable bonds is 30. The molecule has 0 saturated carbocycles. The molecule has 1 heterocycles. The van der Waals surface area contributed by atoms with E-state index in [4.69, 9.17) is 13.9 Å². The molecule has 0 aliphatic rings. The molecule has 9 nitrogen and oxygen atoms in total. The topological polar surface area (TPSA) is 124 Å². The summed E-state index contributed by atoms with van der Waals surface area (Å²) < 4.78 is 15.6. The van der Waals surface area contributed by atoms with Gasteiger partial charge in [0.25, 0.3) is 0 Å². The van der Waals surface area contributed by atoms with E-state index >= 15 is 0 Å². The van der Waals surface area contributed by atoms with Gasteiger partial charge in [0.2, 0.25) is 11.8 Å². The van der Waals surface area contributed by atoms with Crippen LogP contribution in [0, 0.1) is 0 Å². The molecule has 0 aliphatic heterocycles. The van der Waals surface area contributed by atoms with Crippen molar-refractivity contribution < 1.29 is 33.1 Å². The van der Waals surface area contributed by atoms with Crippen LogP contribution in [0.3, 0.4) is 0 Å². The lowest BCUT2D eigenvalue weighted by Gasteiger charge is -2.06. The number of allylic oxidation sites excluding steroid dienone is 4. The minimum Gasteiger partial charge on any atom is -0.459 e. The summed E-state index contributed by atoms with van der Waals surface area (Å²) in [6.07, 6.45) is 33.2. The number of hydrogen-bond donors (Lipinski definition) is 2. The maximum atomic E-state index is 12.0. The van der Waals surface area contributed by atoms with E-state index < -0.39 is 12.2 Å². The second-order valence-electron chi connectivity index (χ2n) is 12.9. The van der Waals surface area contributed by atoms with Crippen molar-refractivity contribution in [3.63, 3.8) is 0 Å². The molecule has 9 heteroatoms. The largest absolute Gasteiger partial charge is 0.459 e. The van der Waals surface area contributed by atoms with Crippen LogP contribution in [0.15, 0.2) is 40.9 Å². The summed E-state index contributed by atoms with van der Waals surface area (Å²) in [6, 6.07) is 3.17. The Bertz CT molecular complexity index is 982. The predicted molar refractivity (Wildman–Crippen MR) is 196 cm³/mol. The van der Waals surface area contributed by atoms with E-state index in [1.807, 2.05) is 0 Å². The zero-order valence-electron chi connectivity index (χ0n) is 30.7. The number of hydrogen-bond acceptors (Lipinski definition) is 7. The molecular weight excluding hydrogens is 620 g/mol. The second kappa shape index (κ2) is 31.9. The van der Waals surface area contributed by atoms with E-state index in [1.165, 1.54) is 77.0 Å². The minimum absolute atomic E-state index is 0.177. The highest BCUT2D eigenvalue weighted by Crippen LogP contribution is 2.12. The highest BCUT2D eigenvalue weighted by Gasteiger charge is 2.13. The van der Waals surface area contributed by atoms with E-state index in [1.54, 1.807) is 12.1 Å². The summed E-state index contributed by atoms with van der Waals surface area (Å²) in [5.41, 5.74) is 0. The van der Waals surface area contributed by atoms with Crippen LogP contribution in [-0.4, -0.2) is 24.0 Å². The zero-order chi connectivity index (χ0) is 35.6. The van der Waals surface area contributed by atoms with Gasteiger partial charge >= 0.3 is 12.2 Å². The summed E-state index contributed by atoms with van der Waals surface area (Å²) in [7, 11) is 0. The molecule has 2 N–H and O–H groups in total. The van der Waals surface area contributed by atoms with Gasteiger partial charge in [-0.1, -0.05) is 115 Å². The van der Waals surface area contributed by atoms with Crippen LogP contribution in [-0.2, 0) is 32.3 Å². The van der Waals surface area contributed by atoms with Crippen LogP contribution in [0.5, 0.6) is 0 Å². The maximum absolute atomic E-state index is 12.0. The molecule has 0 spiro atoms. The summed E-state index contributed by atoms with van der Waals surface area (Å²) in [5, 5.41) is 4.46. The zero-order valence-corrected chi connectivity index (χ0v) is 30.7. The van der Waals surface area contributed by atoms with Crippen LogP contribution in [0.1, 0.15) is 179 Å². The van der Waals surface area contributed by atoms with Crippen LogP contribution < -0.4 is 10.6 Å².